The summed E-state index contributed by atoms with van der Waals surface area (Å²) >= 11 is 0. The summed E-state index contributed by atoms with van der Waals surface area (Å²) in [7, 11) is 0. The van der Waals surface area contributed by atoms with Crippen LogP contribution < -0.4 is 0 Å². The number of fused-ring (bicyclic) bond motifs is 12. The molecule has 2 nitrogen and oxygen atoms in total. The van der Waals surface area contributed by atoms with Gasteiger partial charge in [-0.3, -0.25) is 0 Å². The monoisotopic (exact) mass is 686 g/mol. The van der Waals surface area contributed by atoms with Gasteiger partial charge in [0.25, 0.3) is 0 Å². The predicted molar refractivity (Wildman–Crippen MR) is 227 cm³/mol. The average Bonchev–Trinajstić information content (AvgIpc) is 3.80. The topological polar surface area (TPSA) is 26.3 Å². The maximum atomic E-state index is 6.92. The van der Waals surface area contributed by atoms with Gasteiger partial charge in [0.2, 0.25) is 0 Å². The minimum atomic E-state index is 0.898. The maximum absolute atomic E-state index is 6.92. The van der Waals surface area contributed by atoms with E-state index >= 15 is 0 Å². The van der Waals surface area contributed by atoms with Gasteiger partial charge in [-0.2, -0.15) is 0 Å². The highest BCUT2D eigenvalue weighted by atomic mass is 16.3. The van der Waals surface area contributed by atoms with Gasteiger partial charge in [0.15, 0.2) is 0 Å². The molecule has 0 aliphatic rings. The second-order valence-corrected chi connectivity index (χ2v) is 14.4. The zero-order valence-corrected chi connectivity index (χ0v) is 29.1. The molecule has 0 unspecified atom stereocenters. The highest BCUT2D eigenvalue weighted by molar-refractivity contribution is 6.26. The van der Waals surface area contributed by atoms with E-state index in [1.807, 2.05) is 0 Å². The largest absolute Gasteiger partial charge is 0.455 e. The summed E-state index contributed by atoms with van der Waals surface area (Å²) in [5.74, 6) is 0. The van der Waals surface area contributed by atoms with Crippen LogP contribution in [0.1, 0.15) is 0 Å². The summed E-state index contributed by atoms with van der Waals surface area (Å²) in [6.07, 6.45) is 0. The third-order valence-electron chi connectivity index (χ3n) is 11.4. The molecule has 0 aliphatic carbocycles. The van der Waals surface area contributed by atoms with E-state index in [4.69, 9.17) is 8.83 Å². The Hall–Kier alpha value is -7.16. The van der Waals surface area contributed by atoms with Gasteiger partial charge >= 0.3 is 0 Å². The molecule has 10 aromatic carbocycles. The molecular weight excluding hydrogens is 657 g/mol. The first-order valence-corrected chi connectivity index (χ1v) is 18.5. The van der Waals surface area contributed by atoms with Crippen molar-refractivity contribution in [2.24, 2.45) is 0 Å². The van der Waals surface area contributed by atoms with Gasteiger partial charge < -0.3 is 8.83 Å². The van der Waals surface area contributed by atoms with E-state index in [2.05, 4.69) is 182 Å². The predicted octanol–water partition coefficient (Wildman–Crippen LogP) is 15.1. The molecule has 54 heavy (non-hydrogen) atoms. The highest BCUT2D eigenvalue weighted by Crippen LogP contribution is 2.48. The highest BCUT2D eigenvalue weighted by Gasteiger charge is 2.23. The normalized spacial score (nSPS) is 12.1. The van der Waals surface area contributed by atoms with Gasteiger partial charge in [0, 0.05) is 32.7 Å². The van der Waals surface area contributed by atoms with E-state index in [9.17, 15) is 0 Å². The standard InChI is InChI=1S/C52H30O2/c1-3-15-33-29-47-45(25-31(33)13-1)49-37-19-7-5-17-35(37)27-43(51(49)53-47)41-23-11-9-21-39(41)40-22-10-12-24-42(40)44-28-36-18-6-8-20-38(36)50-46-26-32-14-2-4-16-34(32)30-48(46)54-52(44)50/h1-30H. The number of furan rings is 2. The van der Waals surface area contributed by atoms with Gasteiger partial charge in [-0.05, 0) is 102 Å². The minimum absolute atomic E-state index is 0.898. The first-order valence-electron chi connectivity index (χ1n) is 18.5. The number of hydrogen-bond donors (Lipinski definition) is 0. The van der Waals surface area contributed by atoms with Crippen LogP contribution in [0, 0.1) is 0 Å². The Labute approximate surface area is 310 Å². The summed E-state index contributed by atoms with van der Waals surface area (Å²) in [6.45, 7) is 0. The molecule has 0 spiro atoms. The molecule has 2 heterocycles. The Kier molecular flexibility index (Phi) is 6.09. The summed E-state index contributed by atoms with van der Waals surface area (Å²) in [6, 6.07) is 65.5. The Morgan fingerprint density at radius 3 is 0.963 bits per heavy atom. The molecule has 0 amide bonds. The SMILES string of the molecule is c1ccc(-c2cc3ccccc3c3c2oc2cc4ccccc4cc23)c(-c2ccccc2-c2cc3ccccc3c3c2oc2cc4ccccc4cc23)c1. The van der Waals surface area contributed by atoms with E-state index in [1.165, 1.54) is 43.1 Å². The zero-order chi connectivity index (χ0) is 35.3. The summed E-state index contributed by atoms with van der Waals surface area (Å²) in [4.78, 5) is 0. The second kappa shape index (κ2) is 11.2. The van der Waals surface area contributed by atoms with Crippen LogP contribution in [0.4, 0.5) is 0 Å². The third-order valence-corrected chi connectivity index (χ3v) is 11.4. The molecule has 250 valence electrons. The molecule has 0 aliphatic heterocycles. The molecule has 0 saturated heterocycles. The quantitative estimate of drug-likeness (QED) is 0.185. The Morgan fingerprint density at radius 1 is 0.241 bits per heavy atom. The number of rotatable bonds is 3. The second-order valence-electron chi connectivity index (χ2n) is 14.4. The fourth-order valence-electron chi connectivity index (χ4n) is 8.93. The van der Waals surface area contributed by atoms with Gasteiger partial charge in [-0.1, -0.05) is 146 Å². The lowest BCUT2D eigenvalue weighted by atomic mass is 9.87. The van der Waals surface area contributed by atoms with Crippen LogP contribution in [0.3, 0.4) is 0 Å². The molecule has 2 aromatic heterocycles. The van der Waals surface area contributed by atoms with Crippen molar-refractivity contribution in [1.82, 2.24) is 0 Å². The van der Waals surface area contributed by atoms with Crippen LogP contribution in [0.5, 0.6) is 0 Å². The summed E-state index contributed by atoms with van der Waals surface area (Å²) in [5, 5.41) is 14.1. The zero-order valence-electron chi connectivity index (χ0n) is 29.1. The van der Waals surface area contributed by atoms with Crippen LogP contribution >= 0.6 is 0 Å². The van der Waals surface area contributed by atoms with E-state index in [-0.39, 0.29) is 0 Å². The van der Waals surface area contributed by atoms with Crippen molar-refractivity contribution in [2.45, 2.75) is 0 Å². The van der Waals surface area contributed by atoms with Crippen molar-refractivity contribution in [3.05, 3.63) is 182 Å². The fraction of sp³-hybridized carbons (Fsp3) is 0. The first kappa shape index (κ1) is 29.4. The van der Waals surface area contributed by atoms with Gasteiger partial charge in [0.05, 0.1) is 0 Å². The van der Waals surface area contributed by atoms with Crippen LogP contribution in [0.25, 0.3) is 120 Å². The van der Waals surface area contributed by atoms with Crippen LogP contribution in [-0.2, 0) is 0 Å². The molecule has 0 atom stereocenters. The summed E-state index contributed by atoms with van der Waals surface area (Å²) in [5.41, 5.74) is 10.3. The van der Waals surface area contributed by atoms with Crippen LogP contribution in [0.15, 0.2) is 191 Å². The summed E-state index contributed by atoms with van der Waals surface area (Å²) < 4.78 is 13.8. The molecule has 0 bridgehead atoms. The molecule has 12 rings (SSSR count). The Balaban J connectivity index is 1.15. The van der Waals surface area contributed by atoms with Gasteiger partial charge in [-0.15, -0.1) is 0 Å². The molecule has 0 fully saturated rings. The Bertz CT molecular complexity index is 3270. The van der Waals surface area contributed by atoms with Gasteiger partial charge in [0.1, 0.15) is 22.3 Å². The van der Waals surface area contributed by atoms with Crippen molar-refractivity contribution < 1.29 is 8.83 Å². The van der Waals surface area contributed by atoms with E-state index < -0.39 is 0 Å². The number of benzene rings is 10. The molecule has 2 heteroatoms. The molecule has 12 aromatic rings. The molecular formula is C52H30O2. The van der Waals surface area contributed by atoms with Crippen LogP contribution in [-0.4, -0.2) is 0 Å². The van der Waals surface area contributed by atoms with Crippen molar-refractivity contribution in [3.8, 4) is 33.4 Å². The van der Waals surface area contributed by atoms with E-state index in [0.29, 0.717) is 0 Å². The van der Waals surface area contributed by atoms with E-state index in [1.54, 1.807) is 0 Å². The molecule has 0 N–H and O–H groups in total. The molecule has 0 saturated carbocycles. The maximum Gasteiger partial charge on any atom is 0.143 e. The minimum Gasteiger partial charge on any atom is -0.455 e. The first-order chi connectivity index (χ1) is 26.8. The lowest BCUT2D eigenvalue weighted by molar-refractivity contribution is 0.670. The van der Waals surface area contributed by atoms with Crippen molar-refractivity contribution in [1.29, 1.82) is 0 Å². The fourth-order valence-corrected chi connectivity index (χ4v) is 8.93. The lowest BCUT2D eigenvalue weighted by Crippen LogP contribution is -1.91. The van der Waals surface area contributed by atoms with Crippen molar-refractivity contribution in [3.63, 3.8) is 0 Å². The van der Waals surface area contributed by atoms with Crippen LogP contribution in [0.2, 0.25) is 0 Å². The average molecular weight is 687 g/mol. The van der Waals surface area contributed by atoms with Crippen molar-refractivity contribution in [2.75, 3.05) is 0 Å². The van der Waals surface area contributed by atoms with Gasteiger partial charge in [-0.25, -0.2) is 0 Å². The molecule has 0 radical (unpaired) electrons. The van der Waals surface area contributed by atoms with E-state index in [0.717, 1.165) is 77.3 Å². The lowest BCUT2D eigenvalue weighted by Gasteiger charge is -2.16. The number of hydrogen-bond acceptors (Lipinski definition) is 2. The third kappa shape index (κ3) is 4.22. The van der Waals surface area contributed by atoms with Crippen molar-refractivity contribution >= 4 is 87.0 Å². The smallest absolute Gasteiger partial charge is 0.143 e. The Morgan fingerprint density at radius 2 is 0.556 bits per heavy atom.